The Hall–Kier alpha value is -2.85. The molecule has 1 aliphatic rings. The first-order chi connectivity index (χ1) is 14.2. The van der Waals surface area contributed by atoms with Crippen LogP contribution in [-0.2, 0) is 7.05 Å². The lowest BCUT2D eigenvalue weighted by atomic mass is 9.90. The maximum atomic E-state index is 6.79. The molecule has 0 saturated heterocycles. The summed E-state index contributed by atoms with van der Waals surface area (Å²) < 4.78 is 9.04. The molecule has 0 radical (unpaired) electrons. The highest BCUT2D eigenvalue weighted by molar-refractivity contribution is 6.88. The van der Waals surface area contributed by atoms with Crippen LogP contribution in [0.25, 0.3) is 32.8 Å². The molecule has 4 heteroatoms. The van der Waals surface area contributed by atoms with E-state index in [1.807, 2.05) is 0 Å². The van der Waals surface area contributed by atoms with Crippen molar-refractivity contribution in [2.24, 2.45) is 7.05 Å². The van der Waals surface area contributed by atoms with Gasteiger partial charge in [-0.1, -0.05) is 55.2 Å². The third-order valence-corrected chi connectivity index (χ3v) is 8.39. The van der Waals surface area contributed by atoms with Crippen molar-refractivity contribution in [1.29, 1.82) is 0 Å². The number of hydrogen-bond acceptors (Lipinski definition) is 2. The Bertz CT molecular complexity index is 1350. The minimum atomic E-state index is -1.48. The number of ether oxygens (including phenoxy) is 1. The summed E-state index contributed by atoms with van der Waals surface area (Å²) in [5.41, 5.74) is 4.87. The number of benzene rings is 3. The summed E-state index contributed by atoms with van der Waals surface area (Å²) in [6.07, 6.45) is 2.19. The third kappa shape index (κ3) is 2.60. The van der Waals surface area contributed by atoms with Crippen molar-refractivity contribution < 1.29 is 9.30 Å². The molecule has 4 aromatic rings. The first-order valence-electron chi connectivity index (χ1n) is 10.6. The molecule has 0 atom stereocenters. The van der Waals surface area contributed by atoms with Gasteiger partial charge in [0, 0.05) is 25.5 Å². The van der Waals surface area contributed by atoms with Crippen LogP contribution in [0, 0.1) is 6.92 Å². The van der Waals surface area contributed by atoms with Crippen LogP contribution in [-0.4, -0.2) is 22.2 Å². The highest BCUT2D eigenvalue weighted by atomic mass is 28.3. The molecule has 0 unspecified atom stereocenters. The van der Waals surface area contributed by atoms with Gasteiger partial charge in [0.2, 0.25) is 5.69 Å². The average molecular weight is 414 g/mol. The fourth-order valence-electron chi connectivity index (χ4n) is 4.78. The molecule has 0 bridgehead atoms. The fraction of sp³-hybridized carbons (Fsp3) is 0.269. The molecule has 3 aromatic carbocycles. The van der Waals surface area contributed by atoms with E-state index in [0.717, 1.165) is 17.2 Å². The van der Waals surface area contributed by atoms with Crippen molar-refractivity contribution >= 4 is 40.5 Å². The fourth-order valence-corrected chi connectivity index (χ4v) is 5.93. The van der Waals surface area contributed by atoms with Crippen molar-refractivity contribution in [1.82, 2.24) is 0 Å². The molecule has 0 fully saturated rings. The van der Waals surface area contributed by atoms with E-state index in [1.54, 1.807) is 0 Å². The van der Waals surface area contributed by atoms with Crippen LogP contribution < -0.4 is 19.4 Å². The highest BCUT2D eigenvalue weighted by Crippen LogP contribution is 2.53. The van der Waals surface area contributed by atoms with Gasteiger partial charge in [0.1, 0.15) is 12.8 Å². The van der Waals surface area contributed by atoms with Gasteiger partial charge in [0.15, 0.2) is 11.9 Å². The van der Waals surface area contributed by atoms with Crippen molar-refractivity contribution in [2.75, 3.05) is 19.0 Å². The van der Waals surface area contributed by atoms with E-state index >= 15 is 0 Å². The van der Waals surface area contributed by atoms with Gasteiger partial charge in [-0.15, -0.1) is 0 Å². The van der Waals surface area contributed by atoms with Crippen molar-refractivity contribution in [2.45, 2.75) is 26.6 Å². The molecule has 0 saturated carbocycles. The molecule has 0 amide bonds. The number of rotatable bonds is 2. The van der Waals surface area contributed by atoms with Crippen LogP contribution in [0.15, 0.2) is 48.7 Å². The Morgan fingerprint density at radius 1 is 0.967 bits per heavy atom. The quantitative estimate of drug-likeness (QED) is 0.280. The molecular weight excluding hydrogens is 384 g/mol. The number of anilines is 1. The Labute approximate surface area is 179 Å². The molecular formula is C26H29N2OSi+. The second kappa shape index (κ2) is 6.32. The van der Waals surface area contributed by atoms with Crippen molar-refractivity contribution in [3.05, 3.63) is 54.2 Å². The lowest BCUT2D eigenvalue weighted by Gasteiger charge is -2.28. The van der Waals surface area contributed by atoms with Gasteiger partial charge >= 0.3 is 0 Å². The zero-order chi connectivity index (χ0) is 21.4. The van der Waals surface area contributed by atoms with Crippen molar-refractivity contribution in [3.63, 3.8) is 0 Å². The molecule has 1 aromatic heterocycles. The van der Waals surface area contributed by atoms with Gasteiger partial charge in [0.25, 0.3) is 0 Å². The predicted octanol–water partition coefficient (Wildman–Crippen LogP) is 5.51. The summed E-state index contributed by atoms with van der Waals surface area (Å²) in [5.74, 6) is 1.96. The number of hydrogen-bond donors (Lipinski definition) is 0. The lowest BCUT2D eigenvalue weighted by Crippen LogP contribution is -2.38. The molecule has 2 heterocycles. The third-order valence-electron chi connectivity index (χ3n) is 6.37. The number of nitrogens with zero attached hydrogens (tertiary/aromatic N) is 2. The van der Waals surface area contributed by atoms with Crippen LogP contribution in [0.4, 0.5) is 5.69 Å². The number of fused-ring (bicyclic) bond motifs is 3. The van der Waals surface area contributed by atoms with E-state index in [0.29, 0.717) is 0 Å². The first-order valence-corrected chi connectivity index (χ1v) is 14.1. The van der Waals surface area contributed by atoms with E-state index in [9.17, 15) is 0 Å². The molecule has 0 N–H and O–H groups in total. The SMILES string of the molecule is Cc1c2c(c(N(C)C)c3ccccc13)Oc1cc([Si](C)(C)C)cc3cc[n+](C)c-2c13. The molecule has 3 nitrogen and oxygen atoms in total. The summed E-state index contributed by atoms with van der Waals surface area (Å²) in [6.45, 7) is 9.41. The maximum Gasteiger partial charge on any atom is 0.228 e. The second-order valence-electron chi connectivity index (χ2n) is 9.68. The standard InChI is InChI=1S/C26H29N2OSi/c1-16-19-10-8-9-11-20(19)24(27(2)3)26-22(16)25-23-17(12-13-28(25)4)14-18(30(5,6)7)15-21(23)29-26/h8-15H,1-7H3/q+1. The molecule has 152 valence electrons. The predicted molar refractivity (Wildman–Crippen MR) is 130 cm³/mol. The van der Waals surface area contributed by atoms with Gasteiger partial charge in [-0.3, -0.25) is 0 Å². The van der Waals surface area contributed by atoms with E-state index < -0.39 is 8.07 Å². The minimum absolute atomic E-state index is 0.972. The normalized spacial score (nSPS) is 12.8. The second-order valence-corrected chi connectivity index (χ2v) is 14.8. The summed E-state index contributed by atoms with van der Waals surface area (Å²) >= 11 is 0. The summed E-state index contributed by atoms with van der Waals surface area (Å²) in [6, 6.07) is 15.6. The van der Waals surface area contributed by atoms with Crippen LogP contribution in [0.5, 0.6) is 11.5 Å². The van der Waals surface area contributed by atoms with Gasteiger partial charge in [-0.05, 0) is 29.3 Å². The van der Waals surface area contributed by atoms with Crippen molar-refractivity contribution in [3.8, 4) is 22.8 Å². The van der Waals surface area contributed by atoms with Crippen LogP contribution >= 0.6 is 0 Å². The molecule has 30 heavy (non-hydrogen) atoms. The number of aryl methyl sites for hydroxylation is 2. The summed E-state index contributed by atoms with van der Waals surface area (Å²) in [5, 5.41) is 6.43. The van der Waals surface area contributed by atoms with Gasteiger partial charge in [-0.25, -0.2) is 4.57 Å². The van der Waals surface area contributed by atoms with E-state index in [1.165, 1.54) is 43.6 Å². The Morgan fingerprint density at radius 2 is 1.67 bits per heavy atom. The molecule has 0 aliphatic carbocycles. The average Bonchev–Trinajstić information content (AvgIpc) is 2.69. The highest BCUT2D eigenvalue weighted by Gasteiger charge is 2.34. The Morgan fingerprint density at radius 3 is 2.33 bits per heavy atom. The molecule has 0 spiro atoms. The smallest absolute Gasteiger partial charge is 0.228 e. The summed E-state index contributed by atoms with van der Waals surface area (Å²) in [4.78, 5) is 2.19. The summed E-state index contributed by atoms with van der Waals surface area (Å²) in [7, 11) is 4.87. The van der Waals surface area contributed by atoms with Gasteiger partial charge < -0.3 is 9.64 Å². The number of pyridine rings is 1. The van der Waals surface area contributed by atoms with E-state index in [-0.39, 0.29) is 0 Å². The molecule has 5 rings (SSSR count). The topological polar surface area (TPSA) is 16.4 Å². The van der Waals surface area contributed by atoms with Crippen LogP contribution in [0.3, 0.4) is 0 Å². The number of aromatic nitrogens is 1. The largest absolute Gasteiger partial charge is 0.453 e. The lowest BCUT2D eigenvalue weighted by molar-refractivity contribution is -0.659. The van der Waals surface area contributed by atoms with Gasteiger partial charge in [-0.2, -0.15) is 0 Å². The Kier molecular flexibility index (Phi) is 4.03. The minimum Gasteiger partial charge on any atom is -0.453 e. The maximum absolute atomic E-state index is 6.79. The monoisotopic (exact) mass is 413 g/mol. The van der Waals surface area contributed by atoms with E-state index in [2.05, 4.69) is 106 Å². The Balaban J connectivity index is 1.99. The first kappa shape index (κ1) is 19.1. The zero-order valence-corrected chi connectivity index (χ0v) is 19.9. The van der Waals surface area contributed by atoms with Crippen LogP contribution in [0.2, 0.25) is 19.6 Å². The van der Waals surface area contributed by atoms with Gasteiger partial charge in [0.05, 0.1) is 24.7 Å². The zero-order valence-electron chi connectivity index (χ0n) is 18.9. The van der Waals surface area contributed by atoms with E-state index in [4.69, 9.17) is 4.74 Å². The molecule has 1 aliphatic heterocycles. The van der Waals surface area contributed by atoms with Crippen LogP contribution in [0.1, 0.15) is 5.56 Å².